The van der Waals surface area contributed by atoms with E-state index in [2.05, 4.69) is 9.71 Å². The summed E-state index contributed by atoms with van der Waals surface area (Å²) in [6, 6.07) is 17.0. The Hall–Kier alpha value is -2.24. The maximum atomic E-state index is 12.5. The molecule has 0 bridgehead atoms. The van der Waals surface area contributed by atoms with Crippen molar-refractivity contribution in [3.8, 4) is 0 Å². The van der Waals surface area contributed by atoms with Gasteiger partial charge >= 0.3 is 0 Å². The zero-order valence-electron chi connectivity index (χ0n) is 12.6. The molecule has 23 heavy (non-hydrogen) atoms. The number of hydrogen-bond donors (Lipinski definition) is 1. The molecule has 0 fully saturated rings. The van der Waals surface area contributed by atoms with Gasteiger partial charge in [-0.15, -0.1) is 0 Å². The highest BCUT2D eigenvalue weighted by molar-refractivity contribution is 7.89. The summed E-state index contributed by atoms with van der Waals surface area (Å²) in [6.07, 6.45) is 4.89. The van der Waals surface area contributed by atoms with Crippen LogP contribution >= 0.6 is 0 Å². The van der Waals surface area contributed by atoms with Gasteiger partial charge in [0.1, 0.15) is 0 Å². The molecule has 3 aromatic rings. The second-order valence-electron chi connectivity index (χ2n) is 5.34. The summed E-state index contributed by atoms with van der Waals surface area (Å²) in [5.74, 6) is 0. The zero-order chi connectivity index (χ0) is 16.1. The first kappa shape index (κ1) is 15.6. The van der Waals surface area contributed by atoms with Crippen LogP contribution in [0.5, 0.6) is 0 Å². The van der Waals surface area contributed by atoms with E-state index in [1.165, 1.54) is 5.56 Å². The van der Waals surface area contributed by atoms with E-state index >= 15 is 0 Å². The van der Waals surface area contributed by atoms with Gasteiger partial charge < -0.3 is 0 Å². The molecule has 0 atom stereocenters. The fourth-order valence-electron chi connectivity index (χ4n) is 2.55. The number of aromatic nitrogens is 1. The van der Waals surface area contributed by atoms with Gasteiger partial charge in [0.05, 0.1) is 4.90 Å². The maximum Gasteiger partial charge on any atom is 0.241 e. The Labute approximate surface area is 136 Å². The van der Waals surface area contributed by atoms with Crippen molar-refractivity contribution in [2.45, 2.75) is 17.7 Å². The number of rotatable bonds is 6. The molecule has 3 rings (SSSR count). The average Bonchev–Trinajstić information content (AvgIpc) is 2.59. The van der Waals surface area contributed by atoms with Gasteiger partial charge in [-0.1, -0.05) is 42.5 Å². The molecule has 0 spiro atoms. The van der Waals surface area contributed by atoms with Crippen LogP contribution in [0.2, 0.25) is 0 Å². The van der Waals surface area contributed by atoms with Crippen LogP contribution in [0.4, 0.5) is 0 Å². The number of nitrogens with zero attached hydrogens (tertiary/aromatic N) is 1. The van der Waals surface area contributed by atoms with E-state index in [0.29, 0.717) is 16.8 Å². The van der Waals surface area contributed by atoms with E-state index in [4.69, 9.17) is 0 Å². The van der Waals surface area contributed by atoms with Crippen LogP contribution in [0.3, 0.4) is 0 Å². The van der Waals surface area contributed by atoms with E-state index in [-0.39, 0.29) is 0 Å². The highest BCUT2D eigenvalue weighted by Gasteiger charge is 2.16. The maximum absolute atomic E-state index is 12.5. The minimum atomic E-state index is -3.52. The van der Waals surface area contributed by atoms with Crippen molar-refractivity contribution in [3.63, 3.8) is 0 Å². The van der Waals surface area contributed by atoms with E-state index in [9.17, 15) is 8.42 Å². The largest absolute Gasteiger partial charge is 0.264 e. The molecular formula is C18H18N2O2S. The number of sulfonamides is 1. The summed E-state index contributed by atoms with van der Waals surface area (Å²) in [5.41, 5.74) is 1.21. The molecule has 0 saturated carbocycles. The Bertz CT molecular complexity index is 888. The molecule has 0 radical (unpaired) electrons. The highest BCUT2D eigenvalue weighted by atomic mass is 32.2. The third-order valence-electron chi connectivity index (χ3n) is 3.71. The highest BCUT2D eigenvalue weighted by Crippen LogP contribution is 2.21. The lowest BCUT2D eigenvalue weighted by atomic mass is 10.1. The Balaban J connectivity index is 1.69. The Kier molecular flexibility index (Phi) is 4.69. The number of nitrogens with one attached hydrogen (secondary N) is 1. The van der Waals surface area contributed by atoms with E-state index in [1.54, 1.807) is 30.6 Å². The molecule has 0 unspecified atom stereocenters. The summed E-state index contributed by atoms with van der Waals surface area (Å²) < 4.78 is 27.7. The Morgan fingerprint density at radius 2 is 1.78 bits per heavy atom. The number of pyridine rings is 1. The SMILES string of the molecule is O=S(=O)(NCCCc1ccccc1)c1cccc2cnccc12. The molecule has 1 heterocycles. The van der Waals surface area contributed by atoms with Crippen LogP contribution < -0.4 is 4.72 Å². The summed E-state index contributed by atoms with van der Waals surface area (Å²) in [4.78, 5) is 4.33. The monoisotopic (exact) mass is 326 g/mol. The average molecular weight is 326 g/mol. The lowest BCUT2D eigenvalue weighted by Gasteiger charge is -2.09. The predicted molar refractivity (Wildman–Crippen MR) is 91.7 cm³/mol. The molecule has 0 aliphatic carbocycles. The quantitative estimate of drug-likeness (QED) is 0.708. The molecule has 4 nitrogen and oxygen atoms in total. The van der Waals surface area contributed by atoms with Crippen molar-refractivity contribution in [2.24, 2.45) is 0 Å². The van der Waals surface area contributed by atoms with Crippen molar-refractivity contribution in [3.05, 3.63) is 72.6 Å². The molecule has 0 saturated heterocycles. The van der Waals surface area contributed by atoms with Crippen LogP contribution in [0, 0.1) is 0 Å². The van der Waals surface area contributed by atoms with Gasteiger partial charge in [0.15, 0.2) is 0 Å². The molecular weight excluding hydrogens is 308 g/mol. The third-order valence-corrected chi connectivity index (χ3v) is 5.23. The smallest absolute Gasteiger partial charge is 0.241 e. The first-order valence-electron chi connectivity index (χ1n) is 7.53. The second kappa shape index (κ2) is 6.89. The molecule has 1 aromatic heterocycles. The van der Waals surface area contributed by atoms with E-state index < -0.39 is 10.0 Å². The van der Waals surface area contributed by atoms with Gasteiger partial charge in [-0.2, -0.15) is 0 Å². The predicted octanol–water partition coefficient (Wildman–Crippen LogP) is 3.15. The van der Waals surface area contributed by atoms with Gasteiger partial charge in [0, 0.05) is 29.7 Å². The topological polar surface area (TPSA) is 59.1 Å². The standard InChI is InChI=1S/C18H18N2O2S/c21-23(22,20-12-5-8-15-6-2-1-3-7-15)18-10-4-9-16-14-19-13-11-17(16)18/h1-4,6-7,9-11,13-14,20H,5,8,12H2. The minimum Gasteiger partial charge on any atom is -0.264 e. The lowest BCUT2D eigenvalue weighted by molar-refractivity contribution is 0.580. The number of aryl methyl sites for hydroxylation is 1. The number of hydrogen-bond acceptors (Lipinski definition) is 3. The summed E-state index contributed by atoms with van der Waals surface area (Å²) in [6.45, 7) is 0.415. The first-order chi connectivity index (χ1) is 11.2. The van der Waals surface area contributed by atoms with Gasteiger partial charge in [-0.05, 0) is 30.5 Å². The van der Waals surface area contributed by atoms with Crippen molar-refractivity contribution >= 4 is 20.8 Å². The van der Waals surface area contributed by atoms with Crippen LogP contribution in [-0.4, -0.2) is 19.9 Å². The van der Waals surface area contributed by atoms with Crippen molar-refractivity contribution in [1.29, 1.82) is 0 Å². The first-order valence-corrected chi connectivity index (χ1v) is 9.01. The zero-order valence-corrected chi connectivity index (χ0v) is 13.5. The van der Waals surface area contributed by atoms with Crippen molar-refractivity contribution in [2.75, 3.05) is 6.54 Å². The fraction of sp³-hybridized carbons (Fsp3) is 0.167. The van der Waals surface area contributed by atoms with Gasteiger partial charge in [-0.25, -0.2) is 13.1 Å². The summed E-state index contributed by atoms with van der Waals surface area (Å²) in [5, 5.41) is 1.51. The molecule has 0 aliphatic heterocycles. The number of fused-ring (bicyclic) bond motifs is 1. The molecule has 0 amide bonds. The Morgan fingerprint density at radius 3 is 2.61 bits per heavy atom. The Morgan fingerprint density at radius 1 is 0.957 bits per heavy atom. The lowest BCUT2D eigenvalue weighted by Crippen LogP contribution is -2.25. The molecule has 5 heteroatoms. The van der Waals surface area contributed by atoms with Crippen LogP contribution in [-0.2, 0) is 16.4 Å². The van der Waals surface area contributed by atoms with Crippen molar-refractivity contribution in [1.82, 2.24) is 9.71 Å². The molecule has 118 valence electrons. The van der Waals surface area contributed by atoms with E-state index in [1.807, 2.05) is 36.4 Å². The summed E-state index contributed by atoms with van der Waals surface area (Å²) in [7, 11) is -3.52. The van der Waals surface area contributed by atoms with Gasteiger partial charge in [-0.3, -0.25) is 4.98 Å². The molecule has 0 aliphatic rings. The van der Waals surface area contributed by atoms with Crippen LogP contribution in [0.15, 0.2) is 71.9 Å². The number of benzene rings is 2. The fourth-order valence-corrected chi connectivity index (χ4v) is 3.85. The van der Waals surface area contributed by atoms with Crippen LogP contribution in [0.1, 0.15) is 12.0 Å². The second-order valence-corrected chi connectivity index (χ2v) is 7.08. The van der Waals surface area contributed by atoms with Gasteiger partial charge in [0.2, 0.25) is 10.0 Å². The summed E-state index contributed by atoms with van der Waals surface area (Å²) >= 11 is 0. The van der Waals surface area contributed by atoms with Crippen LogP contribution in [0.25, 0.3) is 10.8 Å². The van der Waals surface area contributed by atoms with Crippen molar-refractivity contribution < 1.29 is 8.42 Å². The molecule has 1 N–H and O–H groups in total. The molecule has 2 aromatic carbocycles. The van der Waals surface area contributed by atoms with Gasteiger partial charge in [0.25, 0.3) is 0 Å². The third kappa shape index (κ3) is 3.75. The minimum absolute atomic E-state index is 0.303. The normalized spacial score (nSPS) is 11.7. The van der Waals surface area contributed by atoms with E-state index in [0.717, 1.165) is 18.2 Å².